The molecule has 0 saturated heterocycles. The molecule has 0 amide bonds. The highest BCUT2D eigenvalue weighted by Crippen LogP contribution is 2.15. The van der Waals surface area contributed by atoms with Crippen molar-refractivity contribution < 1.29 is 4.42 Å². The summed E-state index contributed by atoms with van der Waals surface area (Å²) in [5.41, 5.74) is 1.31. The van der Waals surface area contributed by atoms with E-state index in [9.17, 15) is 0 Å². The SMILES string of the molecule is CCCNCc1occc1CN(C)C(C)CCSC. The number of nitrogens with one attached hydrogen (secondary N) is 1. The summed E-state index contributed by atoms with van der Waals surface area (Å²) in [7, 11) is 2.20. The number of rotatable bonds is 10. The van der Waals surface area contributed by atoms with Crippen LogP contribution in [-0.4, -0.2) is 36.5 Å². The summed E-state index contributed by atoms with van der Waals surface area (Å²) in [6.07, 6.45) is 6.36. The minimum Gasteiger partial charge on any atom is -0.468 e. The van der Waals surface area contributed by atoms with Crippen molar-refractivity contribution in [2.24, 2.45) is 0 Å². The van der Waals surface area contributed by atoms with Crippen molar-refractivity contribution in [2.45, 2.75) is 45.8 Å². The van der Waals surface area contributed by atoms with E-state index in [4.69, 9.17) is 4.42 Å². The van der Waals surface area contributed by atoms with Gasteiger partial charge in [0.1, 0.15) is 5.76 Å². The molecule has 1 unspecified atom stereocenters. The molecule has 0 fully saturated rings. The summed E-state index contributed by atoms with van der Waals surface area (Å²) in [5.74, 6) is 2.30. The monoisotopic (exact) mass is 284 g/mol. The van der Waals surface area contributed by atoms with Crippen molar-refractivity contribution in [3.63, 3.8) is 0 Å². The third-order valence-electron chi connectivity index (χ3n) is 3.46. The maximum atomic E-state index is 5.58. The van der Waals surface area contributed by atoms with Gasteiger partial charge in [-0.25, -0.2) is 0 Å². The zero-order valence-electron chi connectivity index (χ0n) is 12.7. The van der Waals surface area contributed by atoms with Crippen molar-refractivity contribution in [3.8, 4) is 0 Å². The van der Waals surface area contributed by atoms with Crippen LogP contribution in [0.5, 0.6) is 0 Å². The average molecular weight is 284 g/mol. The van der Waals surface area contributed by atoms with Crippen LogP contribution in [0.3, 0.4) is 0 Å². The number of nitrogens with zero attached hydrogens (tertiary/aromatic N) is 1. The Morgan fingerprint density at radius 1 is 1.47 bits per heavy atom. The predicted molar refractivity (Wildman–Crippen MR) is 84.6 cm³/mol. The van der Waals surface area contributed by atoms with Gasteiger partial charge >= 0.3 is 0 Å². The normalized spacial score (nSPS) is 13.1. The Morgan fingerprint density at radius 2 is 2.26 bits per heavy atom. The molecular formula is C15H28N2OS. The van der Waals surface area contributed by atoms with Crippen LogP contribution in [0.4, 0.5) is 0 Å². The highest BCUT2D eigenvalue weighted by Gasteiger charge is 2.13. The van der Waals surface area contributed by atoms with E-state index in [0.717, 1.165) is 31.8 Å². The molecule has 110 valence electrons. The topological polar surface area (TPSA) is 28.4 Å². The molecule has 0 aliphatic rings. The first-order chi connectivity index (χ1) is 9.19. The second-order valence-corrected chi connectivity index (χ2v) is 6.08. The molecule has 1 rings (SSSR count). The van der Waals surface area contributed by atoms with Crippen LogP contribution in [0.2, 0.25) is 0 Å². The Morgan fingerprint density at radius 3 is 2.95 bits per heavy atom. The highest BCUT2D eigenvalue weighted by atomic mass is 32.2. The third-order valence-corrected chi connectivity index (χ3v) is 4.11. The van der Waals surface area contributed by atoms with Crippen LogP contribution in [0.15, 0.2) is 16.7 Å². The van der Waals surface area contributed by atoms with E-state index < -0.39 is 0 Å². The lowest BCUT2D eigenvalue weighted by molar-refractivity contribution is 0.243. The summed E-state index contributed by atoms with van der Waals surface area (Å²) in [6.45, 7) is 7.32. The predicted octanol–water partition coefficient (Wildman–Crippen LogP) is 3.35. The van der Waals surface area contributed by atoms with Crippen molar-refractivity contribution in [2.75, 3.05) is 25.6 Å². The molecule has 1 heterocycles. The van der Waals surface area contributed by atoms with Gasteiger partial charge in [0.05, 0.1) is 12.8 Å². The number of hydrogen-bond acceptors (Lipinski definition) is 4. The molecule has 19 heavy (non-hydrogen) atoms. The maximum absolute atomic E-state index is 5.58. The molecule has 0 bridgehead atoms. The minimum atomic E-state index is 0.610. The van der Waals surface area contributed by atoms with E-state index in [1.165, 1.54) is 17.7 Å². The quantitative estimate of drug-likeness (QED) is 0.667. The van der Waals surface area contributed by atoms with E-state index in [-0.39, 0.29) is 0 Å². The first kappa shape index (κ1) is 16.6. The van der Waals surface area contributed by atoms with Gasteiger partial charge in [-0.05, 0) is 51.4 Å². The molecule has 0 aromatic carbocycles. The van der Waals surface area contributed by atoms with Crippen LogP contribution in [0.1, 0.15) is 38.0 Å². The molecule has 1 aromatic rings. The second-order valence-electron chi connectivity index (χ2n) is 5.09. The number of hydrogen-bond donors (Lipinski definition) is 1. The molecule has 4 heteroatoms. The van der Waals surface area contributed by atoms with Gasteiger partial charge in [-0.3, -0.25) is 4.90 Å². The van der Waals surface area contributed by atoms with Crippen LogP contribution < -0.4 is 5.32 Å². The van der Waals surface area contributed by atoms with E-state index in [1.54, 1.807) is 6.26 Å². The van der Waals surface area contributed by atoms with Gasteiger partial charge in [0.25, 0.3) is 0 Å². The first-order valence-electron chi connectivity index (χ1n) is 7.14. The summed E-state index contributed by atoms with van der Waals surface area (Å²) < 4.78 is 5.58. The number of thioether (sulfide) groups is 1. The highest BCUT2D eigenvalue weighted by molar-refractivity contribution is 7.98. The van der Waals surface area contributed by atoms with Gasteiger partial charge in [-0.15, -0.1) is 0 Å². The van der Waals surface area contributed by atoms with Gasteiger partial charge < -0.3 is 9.73 Å². The Bertz CT molecular complexity index is 341. The van der Waals surface area contributed by atoms with Crippen molar-refractivity contribution in [1.29, 1.82) is 0 Å². The fraction of sp³-hybridized carbons (Fsp3) is 0.733. The molecule has 1 atom stereocenters. The zero-order chi connectivity index (χ0) is 14.1. The molecule has 0 radical (unpaired) electrons. The average Bonchev–Trinajstić information content (AvgIpc) is 2.83. The van der Waals surface area contributed by atoms with Gasteiger partial charge in [-0.2, -0.15) is 11.8 Å². The molecule has 0 aliphatic heterocycles. The lowest BCUT2D eigenvalue weighted by Gasteiger charge is -2.24. The molecule has 3 nitrogen and oxygen atoms in total. The lowest BCUT2D eigenvalue weighted by atomic mass is 10.2. The fourth-order valence-corrected chi connectivity index (χ4v) is 2.55. The molecule has 0 saturated carbocycles. The largest absolute Gasteiger partial charge is 0.468 e. The minimum absolute atomic E-state index is 0.610. The van der Waals surface area contributed by atoms with E-state index in [2.05, 4.69) is 43.4 Å². The summed E-state index contributed by atoms with van der Waals surface area (Å²) in [5, 5.41) is 3.40. The van der Waals surface area contributed by atoms with Crippen molar-refractivity contribution in [3.05, 3.63) is 23.7 Å². The summed E-state index contributed by atoms with van der Waals surface area (Å²) in [4.78, 5) is 2.41. The Hall–Kier alpha value is -0.450. The molecule has 1 N–H and O–H groups in total. The molecular weight excluding hydrogens is 256 g/mol. The number of furan rings is 1. The Labute approximate surface area is 122 Å². The zero-order valence-corrected chi connectivity index (χ0v) is 13.6. The molecule has 1 aromatic heterocycles. The Kier molecular flexibility index (Phi) is 8.26. The maximum Gasteiger partial charge on any atom is 0.122 e. The van der Waals surface area contributed by atoms with E-state index >= 15 is 0 Å². The van der Waals surface area contributed by atoms with Crippen LogP contribution >= 0.6 is 11.8 Å². The van der Waals surface area contributed by atoms with Crippen LogP contribution in [0, 0.1) is 0 Å². The van der Waals surface area contributed by atoms with E-state index in [1.807, 2.05) is 11.8 Å². The summed E-state index contributed by atoms with van der Waals surface area (Å²) in [6, 6.07) is 2.71. The second kappa shape index (κ2) is 9.45. The standard InChI is InChI=1S/C15H28N2OS/c1-5-8-16-11-15-14(6-9-18-15)12-17(3)13(2)7-10-19-4/h6,9,13,16H,5,7-8,10-12H2,1-4H3. The fourth-order valence-electron chi connectivity index (χ4n) is 1.98. The van der Waals surface area contributed by atoms with Gasteiger partial charge in [-0.1, -0.05) is 6.92 Å². The van der Waals surface area contributed by atoms with E-state index in [0.29, 0.717) is 6.04 Å². The molecule has 0 aliphatic carbocycles. The first-order valence-corrected chi connectivity index (χ1v) is 8.53. The van der Waals surface area contributed by atoms with Gasteiger partial charge in [0.2, 0.25) is 0 Å². The molecule has 0 spiro atoms. The van der Waals surface area contributed by atoms with Crippen LogP contribution in [0.25, 0.3) is 0 Å². The van der Waals surface area contributed by atoms with Crippen LogP contribution in [-0.2, 0) is 13.1 Å². The third kappa shape index (κ3) is 6.02. The van der Waals surface area contributed by atoms with Gasteiger partial charge in [0, 0.05) is 18.2 Å². The lowest BCUT2D eigenvalue weighted by Crippen LogP contribution is -2.29. The summed E-state index contributed by atoms with van der Waals surface area (Å²) >= 11 is 1.92. The van der Waals surface area contributed by atoms with Gasteiger partial charge in [0.15, 0.2) is 0 Å². The van der Waals surface area contributed by atoms with Crippen molar-refractivity contribution in [1.82, 2.24) is 10.2 Å². The Balaban J connectivity index is 2.44. The van der Waals surface area contributed by atoms with Crippen molar-refractivity contribution >= 4 is 11.8 Å². The smallest absolute Gasteiger partial charge is 0.122 e.